The Kier molecular flexibility index (Phi) is 7.27. The minimum atomic E-state index is -7.51. The van der Waals surface area contributed by atoms with Crippen LogP contribution in [0.1, 0.15) is 0 Å². The largest absolute Gasteiger partial charge is 0.460 e. The number of halogens is 15. The van der Waals surface area contributed by atoms with E-state index < -0.39 is 55.5 Å². The molecule has 0 aromatic carbocycles. The van der Waals surface area contributed by atoms with E-state index in [1.165, 1.54) is 0 Å². The Morgan fingerprint density at radius 3 is 1.36 bits per heavy atom. The molecule has 0 unspecified atom stereocenters. The Labute approximate surface area is 144 Å². The predicted octanol–water partition coefficient (Wildman–Crippen LogP) is 4.91. The van der Waals surface area contributed by atoms with Crippen LogP contribution in [0.5, 0.6) is 0 Å². The predicted molar refractivity (Wildman–Crippen MR) is 54.7 cm³/mol. The molecule has 0 amide bonds. The molecule has 0 fully saturated rings. The van der Waals surface area contributed by atoms with Gasteiger partial charge in [0.15, 0.2) is 0 Å². The Balaban J connectivity index is 5.53. The van der Waals surface area contributed by atoms with Gasteiger partial charge < -0.3 is 9.47 Å². The van der Waals surface area contributed by atoms with Crippen LogP contribution < -0.4 is 0 Å². The number of ether oxygens (including phenoxy) is 3. The van der Waals surface area contributed by atoms with E-state index in [-0.39, 0.29) is 0 Å². The molecule has 0 aromatic heterocycles. The van der Waals surface area contributed by atoms with Crippen LogP contribution >= 0.6 is 0 Å². The summed E-state index contributed by atoms with van der Waals surface area (Å²) in [6.45, 7) is -5.96. The molecule has 0 heterocycles. The highest BCUT2D eigenvalue weighted by molar-refractivity contribution is 5.00. The minimum Gasteiger partial charge on any atom is -0.376 e. The summed E-state index contributed by atoms with van der Waals surface area (Å²) in [6.07, 6.45) is -25.7. The Hall–Kier alpha value is -1.17. The summed E-state index contributed by atoms with van der Waals surface area (Å²) >= 11 is 0. The van der Waals surface area contributed by atoms with Gasteiger partial charge >= 0.3 is 42.3 Å². The van der Waals surface area contributed by atoms with Crippen LogP contribution in [0.25, 0.3) is 0 Å². The fraction of sp³-hybridized carbons (Fsp3) is 1.00. The molecular weight excluding hydrogens is 453 g/mol. The summed E-state index contributed by atoms with van der Waals surface area (Å²) in [4.78, 5) is 0. The SMILES string of the molecule is COCC(F)(F)OC(F)(F)C(F)(F)OCC(F)(F)C(F)(F)C(F)(F)C(F)(F)F. The molecule has 0 aliphatic rings. The van der Waals surface area contributed by atoms with Crippen molar-refractivity contribution < 1.29 is 80.1 Å². The van der Waals surface area contributed by atoms with Crippen LogP contribution in [0.15, 0.2) is 0 Å². The zero-order chi connectivity index (χ0) is 23.0. The van der Waals surface area contributed by atoms with Crippen molar-refractivity contribution in [2.24, 2.45) is 0 Å². The zero-order valence-corrected chi connectivity index (χ0v) is 12.8. The average Bonchev–Trinajstić information content (AvgIpc) is 2.42. The molecule has 0 aliphatic heterocycles. The van der Waals surface area contributed by atoms with Gasteiger partial charge in [-0.2, -0.15) is 65.9 Å². The van der Waals surface area contributed by atoms with Crippen LogP contribution in [-0.2, 0) is 14.2 Å². The lowest BCUT2D eigenvalue weighted by Crippen LogP contribution is -2.63. The van der Waals surface area contributed by atoms with Crippen LogP contribution in [0.4, 0.5) is 65.9 Å². The molecule has 0 aliphatic carbocycles. The second-order valence-corrected chi connectivity index (χ2v) is 4.85. The van der Waals surface area contributed by atoms with Gasteiger partial charge in [-0.15, -0.1) is 0 Å². The first kappa shape index (κ1) is 26.8. The van der Waals surface area contributed by atoms with Crippen molar-refractivity contribution in [2.45, 2.75) is 42.3 Å². The molecule has 0 N–H and O–H groups in total. The normalized spacial score (nSPS) is 15.9. The van der Waals surface area contributed by atoms with Crippen molar-refractivity contribution in [3.63, 3.8) is 0 Å². The van der Waals surface area contributed by atoms with E-state index in [9.17, 15) is 65.9 Å². The van der Waals surface area contributed by atoms with Gasteiger partial charge in [0.25, 0.3) is 0 Å². The van der Waals surface area contributed by atoms with E-state index in [4.69, 9.17) is 0 Å². The fourth-order valence-electron chi connectivity index (χ4n) is 1.21. The first-order valence-corrected chi connectivity index (χ1v) is 6.14. The number of hydrogen-bond acceptors (Lipinski definition) is 3. The first-order valence-electron chi connectivity index (χ1n) is 6.14. The van der Waals surface area contributed by atoms with Crippen LogP contribution in [0.3, 0.4) is 0 Å². The van der Waals surface area contributed by atoms with Crippen molar-refractivity contribution in [3.05, 3.63) is 0 Å². The topological polar surface area (TPSA) is 27.7 Å². The molecule has 0 bridgehead atoms. The number of hydrogen-bond donors (Lipinski definition) is 0. The van der Waals surface area contributed by atoms with Crippen LogP contribution in [-0.4, -0.2) is 62.6 Å². The van der Waals surface area contributed by atoms with Crippen molar-refractivity contribution >= 4 is 0 Å². The molecule has 0 atom stereocenters. The maximum absolute atomic E-state index is 13.0. The number of rotatable bonds is 10. The Morgan fingerprint density at radius 2 is 1.00 bits per heavy atom. The molecule has 28 heavy (non-hydrogen) atoms. The van der Waals surface area contributed by atoms with E-state index in [0.717, 1.165) is 0 Å². The van der Waals surface area contributed by atoms with E-state index in [0.29, 0.717) is 7.11 Å². The maximum atomic E-state index is 13.0. The fourth-order valence-corrected chi connectivity index (χ4v) is 1.21. The zero-order valence-electron chi connectivity index (χ0n) is 12.8. The molecule has 0 aromatic rings. The van der Waals surface area contributed by atoms with Gasteiger partial charge in [-0.05, 0) is 0 Å². The standard InChI is InChI=1S/C10H7F15O3/c1-26-3-5(13,14)28-10(24,25)9(22,23)27-2-4(11,12)6(15,16)7(17,18)8(19,20)21/h2-3H2,1H3. The quantitative estimate of drug-likeness (QED) is 0.434. The molecule has 0 saturated heterocycles. The Bertz CT molecular complexity index is 527. The van der Waals surface area contributed by atoms with Gasteiger partial charge in [0, 0.05) is 7.11 Å². The summed E-state index contributed by atoms with van der Waals surface area (Å²) in [6, 6.07) is 0. The molecule has 0 saturated carbocycles. The third kappa shape index (κ3) is 5.25. The molecular formula is C10H7F15O3. The second kappa shape index (κ2) is 7.58. The van der Waals surface area contributed by atoms with Gasteiger partial charge in [0.1, 0.15) is 13.2 Å². The number of methoxy groups -OCH3 is 1. The third-order valence-corrected chi connectivity index (χ3v) is 2.57. The lowest BCUT2D eigenvalue weighted by Gasteiger charge is -2.35. The van der Waals surface area contributed by atoms with E-state index in [1.807, 2.05) is 0 Å². The molecule has 0 rings (SSSR count). The number of alkyl halides is 15. The van der Waals surface area contributed by atoms with E-state index in [1.54, 1.807) is 0 Å². The monoisotopic (exact) mass is 460 g/mol. The molecule has 170 valence electrons. The van der Waals surface area contributed by atoms with Crippen LogP contribution in [0.2, 0.25) is 0 Å². The third-order valence-electron chi connectivity index (χ3n) is 2.57. The smallest absolute Gasteiger partial charge is 0.376 e. The minimum absolute atomic E-state index is 0.452. The maximum Gasteiger partial charge on any atom is 0.460 e. The summed E-state index contributed by atoms with van der Waals surface area (Å²) in [5, 5.41) is 0. The Morgan fingerprint density at radius 1 is 0.571 bits per heavy atom. The van der Waals surface area contributed by atoms with Crippen molar-refractivity contribution in [1.82, 2.24) is 0 Å². The average molecular weight is 460 g/mol. The second-order valence-electron chi connectivity index (χ2n) is 4.85. The molecule has 0 radical (unpaired) electrons. The van der Waals surface area contributed by atoms with Gasteiger partial charge in [-0.3, -0.25) is 0 Å². The van der Waals surface area contributed by atoms with Gasteiger partial charge in [-0.1, -0.05) is 0 Å². The summed E-state index contributed by atoms with van der Waals surface area (Å²) in [7, 11) is 0.452. The summed E-state index contributed by atoms with van der Waals surface area (Å²) in [5.74, 6) is -21.8. The lowest BCUT2D eigenvalue weighted by molar-refractivity contribution is -0.490. The highest BCUT2D eigenvalue weighted by atomic mass is 19.4. The highest BCUT2D eigenvalue weighted by Gasteiger charge is 2.82. The highest BCUT2D eigenvalue weighted by Crippen LogP contribution is 2.53. The first-order chi connectivity index (χ1) is 12.0. The van der Waals surface area contributed by atoms with E-state index >= 15 is 0 Å². The van der Waals surface area contributed by atoms with Gasteiger partial charge in [0.05, 0.1) is 0 Å². The lowest BCUT2D eigenvalue weighted by atomic mass is 10.0. The van der Waals surface area contributed by atoms with Crippen LogP contribution in [0, 0.1) is 0 Å². The molecule has 3 nitrogen and oxygen atoms in total. The van der Waals surface area contributed by atoms with Crippen molar-refractivity contribution in [3.8, 4) is 0 Å². The van der Waals surface area contributed by atoms with E-state index in [2.05, 4.69) is 14.2 Å². The molecule has 0 spiro atoms. The van der Waals surface area contributed by atoms with Gasteiger partial charge in [-0.25, -0.2) is 4.74 Å². The van der Waals surface area contributed by atoms with Crippen molar-refractivity contribution in [1.29, 1.82) is 0 Å². The summed E-state index contributed by atoms with van der Waals surface area (Å²) < 4.78 is 197. The molecule has 18 heteroatoms. The van der Waals surface area contributed by atoms with Gasteiger partial charge in [0.2, 0.25) is 0 Å². The van der Waals surface area contributed by atoms with Crippen molar-refractivity contribution in [2.75, 3.05) is 20.3 Å². The summed E-state index contributed by atoms with van der Waals surface area (Å²) in [5.41, 5.74) is 0.